The van der Waals surface area contributed by atoms with E-state index in [2.05, 4.69) is 30.0 Å². The average Bonchev–Trinajstić information content (AvgIpc) is 2.93. The third-order valence-electron chi connectivity index (χ3n) is 5.91. The van der Waals surface area contributed by atoms with Gasteiger partial charge in [-0.2, -0.15) is 4.98 Å². The van der Waals surface area contributed by atoms with Crippen molar-refractivity contribution >= 4 is 43.2 Å². The van der Waals surface area contributed by atoms with Crippen molar-refractivity contribution in [1.82, 2.24) is 14.7 Å². The highest BCUT2D eigenvalue weighted by atomic mass is 32.2. The summed E-state index contributed by atoms with van der Waals surface area (Å²) in [4.78, 5) is 8.98. The van der Waals surface area contributed by atoms with E-state index in [0.717, 1.165) is 16.9 Å². The molecule has 4 N–H and O–H groups in total. The van der Waals surface area contributed by atoms with Crippen LogP contribution in [0.15, 0.2) is 88.8 Å². The molecule has 0 unspecified atom stereocenters. The number of fused-ring (bicyclic) bond motifs is 4. The van der Waals surface area contributed by atoms with Gasteiger partial charge in [0.2, 0.25) is 16.0 Å². The van der Waals surface area contributed by atoms with Crippen LogP contribution in [0.3, 0.4) is 0 Å². The van der Waals surface area contributed by atoms with Gasteiger partial charge >= 0.3 is 0 Å². The van der Waals surface area contributed by atoms with Gasteiger partial charge in [0.15, 0.2) is 0 Å². The van der Waals surface area contributed by atoms with Crippen molar-refractivity contribution in [3.05, 3.63) is 79.0 Å². The number of ether oxygens (including phenoxy) is 1. The summed E-state index contributed by atoms with van der Waals surface area (Å²) in [6, 6.07) is 19.4. The molecule has 4 aromatic rings. The van der Waals surface area contributed by atoms with Gasteiger partial charge in [0.05, 0.1) is 22.6 Å². The van der Waals surface area contributed by atoms with Crippen LogP contribution in [0.5, 0.6) is 5.75 Å². The van der Waals surface area contributed by atoms with Crippen LogP contribution < -0.4 is 24.8 Å². The molecule has 39 heavy (non-hydrogen) atoms. The Morgan fingerprint density at radius 3 is 2.49 bits per heavy atom. The fraction of sp³-hybridized carbons (Fsp3) is 0.154. The Morgan fingerprint density at radius 2 is 1.74 bits per heavy atom. The number of nitrogens with one attached hydrogen (secondary N) is 4. The first-order valence-electron chi connectivity index (χ1n) is 12.0. The van der Waals surface area contributed by atoms with Crippen LogP contribution in [-0.2, 0) is 20.0 Å². The number of nitrogens with zero attached hydrogens (tertiary/aromatic N) is 2. The van der Waals surface area contributed by atoms with E-state index in [1.165, 1.54) is 30.3 Å². The van der Waals surface area contributed by atoms with Crippen LogP contribution in [0.25, 0.3) is 11.1 Å². The maximum absolute atomic E-state index is 13.1. The molecule has 202 valence electrons. The summed E-state index contributed by atoms with van der Waals surface area (Å²) in [7, 11) is -6.31. The molecule has 0 spiro atoms. The number of anilines is 4. The lowest BCUT2D eigenvalue weighted by molar-refractivity contribution is 0.415. The van der Waals surface area contributed by atoms with Crippen LogP contribution in [0.2, 0.25) is 0 Å². The average molecular weight is 567 g/mol. The molecule has 3 aromatic carbocycles. The lowest BCUT2D eigenvalue weighted by Gasteiger charge is -2.14. The van der Waals surface area contributed by atoms with E-state index in [1.807, 2.05) is 24.3 Å². The van der Waals surface area contributed by atoms with Crippen molar-refractivity contribution in [2.75, 3.05) is 35.6 Å². The summed E-state index contributed by atoms with van der Waals surface area (Å²) in [5.74, 6) is 1.48. The Bertz CT molecular complexity index is 1700. The highest BCUT2D eigenvalue weighted by Crippen LogP contribution is 2.31. The van der Waals surface area contributed by atoms with Crippen LogP contribution in [-0.4, -0.2) is 47.0 Å². The molecule has 0 atom stereocenters. The zero-order chi connectivity index (χ0) is 27.5. The smallest absolute Gasteiger partial charge is 0.261 e. The summed E-state index contributed by atoms with van der Waals surface area (Å²) in [6.45, 7) is 0.607. The summed E-state index contributed by atoms with van der Waals surface area (Å²) >= 11 is 0. The standard InChI is InChI=1S/C26H26N6O5S2/c1-37-21-10-8-18(9-11-21)24-17-28-26-30-19-14-20(32-39(35,36)22-6-3-2-4-7-22)16-23(15-19)38(33,34)29-13-5-12-27-25(24)31-26/h2-4,6-11,14-17,29,32H,5,12-13H2,1H3,(H2,27,28,30,31). The monoisotopic (exact) mass is 566 g/mol. The number of hydrogen-bond donors (Lipinski definition) is 4. The first-order chi connectivity index (χ1) is 18.7. The number of benzene rings is 3. The van der Waals surface area contributed by atoms with Gasteiger partial charge in [-0.3, -0.25) is 4.72 Å². The fourth-order valence-corrected chi connectivity index (χ4v) is 6.18. The van der Waals surface area contributed by atoms with Crippen LogP contribution >= 0.6 is 0 Å². The normalized spacial score (nSPS) is 14.9. The van der Waals surface area contributed by atoms with Crippen molar-refractivity contribution in [3.63, 3.8) is 0 Å². The Hall–Kier alpha value is -4.20. The molecule has 0 aliphatic carbocycles. The predicted octanol–water partition coefficient (Wildman–Crippen LogP) is 3.79. The summed E-state index contributed by atoms with van der Waals surface area (Å²) in [5.41, 5.74) is 1.97. The van der Waals surface area contributed by atoms with Crippen molar-refractivity contribution < 1.29 is 21.6 Å². The van der Waals surface area contributed by atoms with E-state index in [0.29, 0.717) is 18.8 Å². The number of aromatic nitrogens is 2. The van der Waals surface area contributed by atoms with Gasteiger partial charge in [0.25, 0.3) is 10.0 Å². The van der Waals surface area contributed by atoms with Gasteiger partial charge in [-0.1, -0.05) is 30.3 Å². The molecule has 1 aliphatic rings. The van der Waals surface area contributed by atoms with E-state index in [9.17, 15) is 16.8 Å². The Labute approximate surface area is 226 Å². The van der Waals surface area contributed by atoms with Gasteiger partial charge in [-0.05, 0) is 54.4 Å². The SMILES string of the molecule is COc1ccc(-c2cnc3nc2NCCCNS(=O)(=O)c2cc(cc(NS(=O)(=O)c4ccccc4)c2)N3)cc1. The van der Waals surface area contributed by atoms with Crippen molar-refractivity contribution in [2.24, 2.45) is 0 Å². The van der Waals surface area contributed by atoms with Gasteiger partial charge < -0.3 is 15.4 Å². The van der Waals surface area contributed by atoms with Gasteiger partial charge in [0, 0.05) is 30.5 Å². The minimum Gasteiger partial charge on any atom is -0.497 e. The first-order valence-corrected chi connectivity index (χ1v) is 15.0. The van der Waals surface area contributed by atoms with E-state index in [-0.39, 0.29) is 33.7 Å². The molecule has 4 bridgehead atoms. The predicted molar refractivity (Wildman–Crippen MR) is 149 cm³/mol. The second-order valence-electron chi connectivity index (χ2n) is 8.65. The van der Waals surface area contributed by atoms with Crippen LogP contribution in [0.1, 0.15) is 6.42 Å². The zero-order valence-electron chi connectivity index (χ0n) is 20.9. The lowest BCUT2D eigenvalue weighted by Crippen LogP contribution is -2.26. The van der Waals surface area contributed by atoms with E-state index >= 15 is 0 Å². The maximum Gasteiger partial charge on any atom is 0.261 e. The molecule has 0 saturated carbocycles. The van der Waals surface area contributed by atoms with Crippen molar-refractivity contribution in [1.29, 1.82) is 0 Å². The number of rotatable bonds is 5. The van der Waals surface area contributed by atoms with E-state index < -0.39 is 20.0 Å². The first kappa shape index (κ1) is 26.4. The second-order valence-corrected chi connectivity index (χ2v) is 12.1. The zero-order valence-corrected chi connectivity index (χ0v) is 22.5. The quantitative estimate of drug-likeness (QED) is 0.283. The maximum atomic E-state index is 13.1. The summed E-state index contributed by atoms with van der Waals surface area (Å²) < 4.78 is 62.3. The largest absolute Gasteiger partial charge is 0.497 e. The molecule has 5 rings (SSSR count). The van der Waals surface area contributed by atoms with Gasteiger partial charge in [-0.15, -0.1) is 0 Å². The van der Waals surface area contributed by atoms with Gasteiger partial charge in [-0.25, -0.2) is 26.5 Å². The third kappa shape index (κ3) is 6.11. The molecular weight excluding hydrogens is 540 g/mol. The van der Waals surface area contributed by atoms with Crippen molar-refractivity contribution in [2.45, 2.75) is 16.2 Å². The number of sulfonamides is 2. The van der Waals surface area contributed by atoms with Crippen LogP contribution in [0.4, 0.5) is 23.1 Å². The van der Waals surface area contributed by atoms with Crippen molar-refractivity contribution in [3.8, 4) is 16.9 Å². The van der Waals surface area contributed by atoms with Crippen LogP contribution in [0, 0.1) is 0 Å². The second kappa shape index (κ2) is 10.9. The number of methoxy groups -OCH3 is 1. The number of hydrogen-bond acceptors (Lipinski definition) is 9. The minimum absolute atomic E-state index is 0.0463. The van der Waals surface area contributed by atoms with Gasteiger partial charge in [0.1, 0.15) is 11.6 Å². The third-order valence-corrected chi connectivity index (χ3v) is 8.74. The van der Waals surface area contributed by atoms with E-state index in [4.69, 9.17) is 4.74 Å². The molecule has 0 fully saturated rings. The molecule has 13 heteroatoms. The molecule has 2 heterocycles. The molecule has 1 aromatic heterocycles. The summed E-state index contributed by atoms with van der Waals surface area (Å²) in [5, 5.41) is 6.28. The Kier molecular flexibility index (Phi) is 7.37. The molecule has 0 saturated heterocycles. The highest BCUT2D eigenvalue weighted by Gasteiger charge is 2.20. The summed E-state index contributed by atoms with van der Waals surface area (Å²) in [6.07, 6.45) is 2.14. The minimum atomic E-state index is -3.96. The molecular formula is C26H26N6O5S2. The lowest BCUT2D eigenvalue weighted by atomic mass is 10.1. The fourth-order valence-electron chi connectivity index (χ4n) is 3.97. The molecule has 0 amide bonds. The molecule has 11 nitrogen and oxygen atoms in total. The Morgan fingerprint density at radius 1 is 0.974 bits per heavy atom. The Balaban J connectivity index is 1.54. The molecule has 0 radical (unpaired) electrons. The highest BCUT2D eigenvalue weighted by molar-refractivity contribution is 7.92. The molecule has 1 aliphatic heterocycles. The topological polar surface area (TPSA) is 151 Å². The van der Waals surface area contributed by atoms with E-state index in [1.54, 1.807) is 31.5 Å².